The number of hydrogen-bond acceptors (Lipinski definition) is 2. The lowest BCUT2D eigenvalue weighted by Crippen LogP contribution is -2.43. The number of likely N-dealkylation sites (tertiary alicyclic amines) is 1. The van der Waals surface area contributed by atoms with Crippen LogP contribution < -0.4 is 5.32 Å². The first-order chi connectivity index (χ1) is 12.0. The second-order valence-electron chi connectivity index (χ2n) is 6.11. The topological polar surface area (TPSA) is 49.4 Å². The molecule has 0 spiro atoms. The molecule has 1 fully saturated rings. The average molecular weight is 344 g/mol. The van der Waals surface area contributed by atoms with Gasteiger partial charge < -0.3 is 10.2 Å². The Morgan fingerprint density at radius 1 is 1.12 bits per heavy atom. The summed E-state index contributed by atoms with van der Waals surface area (Å²) in [5, 5.41) is 2.53. The van der Waals surface area contributed by atoms with Crippen LogP contribution in [0, 0.1) is 18.6 Å². The zero-order valence-electron chi connectivity index (χ0n) is 13.8. The Morgan fingerprint density at radius 2 is 1.88 bits per heavy atom. The largest absolute Gasteiger partial charge is 0.327 e. The van der Waals surface area contributed by atoms with Crippen LogP contribution in [0.25, 0.3) is 0 Å². The Labute approximate surface area is 144 Å². The average Bonchev–Trinajstić information content (AvgIpc) is 3.07. The SMILES string of the molecule is Cc1ccc(NC(=O)[C@H]2CCCN2C(=O)c2ccccc2F)c(F)c1. The van der Waals surface area contributed by atoms with Crippen LogP contribution in [0.15, 0.2) is 42.5 Å². The van der Waals surface area contributed by atoms with Crippen LogP contribution in [-0.2, 0) is 4.79 Å². The quantitative estimate of drug-likeness (QED) is 0.926. The van der Waals surface area contributed by atoms with Crippen LogP contribution in [0.5, 0.6) is 0 Å². The minimum absolute atomic E-state index is 0.0660. The van der Waals surface area contributed by atoms with Gasteiger partial charge in [0, 0.05) is 6.54 Å². The summed E-state index contributed by atoms with van der Waals surface area (Å²) in [6.07, 6.45) is 1.09. The number of carbonyl (C=O) groups excluding carboxylic acids is 2. The fourth-order valence-electron chi connectivity index (χ4n) is 3.01. The lowest BCUT2D eigenvalue weighted by atomic mass is 10.1. The van der Waals surface area contributed by atoms with Gasteiger partial charge in [0.2, 0.25) is 5.91 Å². The van der Waals surface area contributed by atoms with Crippen molar-refractivity contribution in [2.75, 3.05) is 11.9 Å². The molecule has 3 rings (SSSR count). The van der Waals surface area contributed by atoms with Crippen LogP contribution in [-0.4, -0.2) is 29.3 Å². The minimum atomic E-state index is -0.743. The molecule has 130 valence electrons. The summed E-state index contributed by atoms with van der Waals surface area (Å²) < 4.78 is 27.8. The molecule has 2 aromatic rings. The second-order valence-corrected chi connectivity index (χ2v) is 6.11. The highest BCUT2D eigenvalue weighted by molar-refractivity contribution is 6.01. The first-order valence-electron chi connectivity index (χ1n) is 8.10. The summed E-state index contributed by atoms with van der Waals surface area (Å²) in [7, 11) is 0. The first-order valence-corrected chi connectivity index (χ1v) is 8.10. The number of anilines is 1. The van der Waals surface area contributed by atoms with Crippen molar-refractivity contribution in [2.45, 2.75) is 25.8 Å². The lowest BCUT2D eigenvalue weighted by Gasteiger charge is -2.24. The molecule has 1 aliphatic heterocycles. The van der Waals surface area contributed by atoms with Crippen molar-refractivity contribution in [3.63, 3.8) is 0 Å². The van der Waals surface area contributed by atoms with Crippen molar-refractivity contribution < 1.29 is 18.4 Å². The van der Waals surface area contributed by atoms with E-state index in [1.807, 2.05) is 0 Å². The van der Waals surface area contributed by atoms with E-state index in [4.69, 9.17) is 0 Å². The van der Waals surface area contributed by atoms with Crippen molar-refractivity contribution in [3.8, 4) is 0 Å². The van der Waals surface area contributed by atoms with E-state index in [1.54, 1.807) is 19.1 Å². The summed E-state index contributed by atoms with van der Waals surface area (Å²) in [5.74, 6) is -2.15. The number of rotatable bonds is 3. The standard InChI is InChI=1S/C19H18F2N2O2/c1-12-8-9-16(15(21)11-12)22-18(24)17-7-4-10-23(17)19(25)13-5-2-3-6-14(13)20/h2-3,5-6,8-9,11,17H,4,7,10H2,1H3,(H,22,24)/t17-/m1/s1. The fourth-order valence-corrected chi connectivity index (χ4v) is 3.01. The Hall–Kier alpha value is -2.76. The third-order valence-corrected chi connectivity index (χ3v) is 4.30. The van der Waals surface area contributed by atoms with Crippen LogP contribution in [0.1, 0.15) is 28.8 Å². The van der Waals surface area contributed by atoms with Gasteiger partial charge in [0.1, 0.15) is 17.7 Å². The molecule has 1 atom stereocenters. The van der Waals surface area contributed by atoms with Gasteiger partial charge in [-0.3, -0.25) is 9.59 Å². The molecule has 1 N–H and O–H groups in total. The zero-order chi connectivity index (χ0) is 18.0. The Balaban J connectivity index is 1.78. The Morgan fingerprint density at radius 3 is 2.60 bits per heavy atom. The molecule has 0 aliphatic carbocycles. The van der Waals surface area contributed by atoms with Gasteiger partial charge in [-0.1, -0.05) is 18.2 Å². The number of benzene rings is 2. The summed E-state index contributed by atoms with van der Waals surface area (Å²) in [5.41, 5.74) is 0.747. The summed E-state index contributed by atoms with van der Waals surface area (Å²) in [6.45, 7) is 2.11. The first kappa shape index (κ1) is 17.1. The van der Waals surface area contributed by atoms with Gasteiger partial charge in [-0.15, -0.1) is 0 Å². The third kappa shape index (κ3) is 3.52. The molecule has 0 saturated carbocycles. The molecule has 4 nitrogen and oxygen atoms in total. The molecule has 0 aromatic heterocycles. The fraction of sp³-hybridized carbons (Fsp3) is 0.263. The van der Waals surface area contributed by atoms with Gasteiger partial charge in [-0.25, -0.2) is 8.78 Å². The van der Waals surface area contributed by atoms with Gasteiger partial charge in [0.25, 0.3) is 5.91 Å². The molecule has 1 saturated heterocycles. The maximum Gasteiger partial charge on any atom is 0.257 e. The number of aryl methyl sites for hydroxylation is 1. The predicted molar refractivity (Wildman–Crippen MR) is 90.2 cm³/mol. The maximum atomic E-state index is 13.9. The molecule has 0 radical (unpaired) electrons. The van der Waals surface area contributed by atoms with Gasteiger partial charge >= 0.3 is 0 Å². The second kappa shape index (κ2) is 7.01. The molecule has 1 aliphatic rings. The number of halogens is 2. The Kier molecular flexibility index (Phi) is 4.79. The van der Waals surface area contributed by atoms with Crippen LogP contribution in [0.4, 0.5) is 14.5 Å². The van der Waals surface area contributed by atoms with Crippen LogP contribution >= 0.6 is 0 Å². The smallest absolute Gasteiger partial charge is 0.257 e. The summed E-state index contributed by atoms with van der Waals surface area (Å²) >= 11 is 0. The highest BCUT2D eigenvalue weighted by Gasteiger charge is 2.35. The summed E-state index contributed by atoms with van der Waals surface area (Å²) in [4.78, 5) is 26.4. The summed E-state index contributed by atoms with van der Waals surface area (Å²) in [6, 6.07) is 9.43. The monoisotopic (exact) mass is 344 g/mol. The van der Waals surface area contributed by atoms with E-state index in [0.29, 0.717) is 19.4 Å². The number of nitrogens with one attached hydrogen (secondary N) is 1. The van der Waals surface area contributed by atoms with Gasteiger partial charge in [0.15, 0.2) is 0 Å². The molecule has 2 aromatic carbocycles. The molecule has 0 bridgehead atoms. The van der Waals surface area contributed by atoms with E-state index in [9.17, 15) is 18.4 Å². The lowest BCUT2D eigenvalue weighted by molar-refractivity contribution is -0.119. The third-order valence-electron chi connectivity index (χ3n) is 4.30. The van der Waals surface area contributed by atoms with E-state index in [-0.39, 0.29) is 11.3 Å². The maximum absolute atomic E-state index is 13.9. The number of amides is 2. The van der Waals surface area contributed by atoms with Crippen LogP contribution in [0.3, 0.4) is 0 Å². The molecular formula is C19H18F2N2O2. The molecule has 1 heterocycles. The number of hydrogen-bond donors (Lipinski definition) is 1. The highest BCUT2D eigenvalue weighted by atomic mass is 19.1. The zero-order valence-corrected chi connectivity index (χ0v) is 13.8. The van der Waals surface area contributed by atoms with Crippen LogP contribution in [0.2, 0.25) is 0 Å². The van der Waals surface area contributed by atoms with E-state index in [0.717, 1.165) is 5.56 Å². The van der Waals surface area contributed by atoms with Crippen molar-refractivity contribution in [1.82, 2.24) is 4.90 Å². The van der Waals surface area contributed by atoms with Gasteiger partial charge in [-0.2, -0.15) is 0 Å². The molecule has 2 amide bonds. The van der Waals surface area contributed by atoms with E-state index in [2.05, 4.69) is 5.32 Å². The van der Waals surface area contributed by atoms with Crippen molar-refractivity contribution in [2.24, 2.45) is 0 Å². The highest BCUT2D eigenvalue weighted by Crippen LogP contribution is 2.23. The molecular weight excluding hydrogens is 326 g/mol. The van der Waals surface area contributed by atoms with Crippen molar-refractivity contribution in [3.05, 3.63) is 65.2 Å². The minimum Gasteiger partial charge on any atom is -0.327 e. The predicted octanol–water partition coefficient (Wildman–Crippen LogP) is 3.52. The number of nitrogens with zero attached hydrogens (tertiary/aromatic N) is 1. The normalized spacial score (nSPS) is 16.8. The van der Waals surface area contributed by atoms with E-state index < -0.39 is 29.5 Å². The Bertz CT molecular complexity index is 823. The molecule has 0 unspecified atom stereocenters. The van der Waals surface area contributed by atoms with E-state index in [1.165, 1.54) is 35.2 Å². The molecule has 25 heavy (non-hydrogen) atoms. The number of carbonyl (C=O) groups is 2. The van der Waals surface area contributed by atoms with Gasteiger partial charge in [0.05, 0.1) is 11.3 Å². The molecule has 6 heteroatoms. The van der Waals surface area contributed by atoms with E-state index >= 15 is 0 Å². The van der Waals surface area contributed by atoms with Gasteiger partial charge in [-0.05, 0) is 49.6 Å². The van der Waals surface area contributed by atoms with Crippen molar-refractivity contribution >= 4 is 17.5 Å². The van der Waals surface area contributed by atoms with Crippen molar-refractivity contribution in [1.29, 1.82) is 0 Å².